The van der Waals surface area contributed by atoms with Crippen LogP contribution in [-0.4, -0.2) is 29.9 Å². The third kappa shape index (κ3) is 3.01. The third-order valence-corrected chi connectivity index (χ3v) is 3.50. The van der Waals surface area contributed by atoms with E-state index in [0.717, 1.165) is 29.1 Å². The van der Waals surface area contributed by atoms with E-state index in [0.29, 0.717) is 6.20 Å². The van der Waals surface area contributed by atoms with E-state index < -0.39 is 33.8 Å². The molecule has 0 aliphatic heterocycles. The van der Waals surface area contributed by atoms with Gasteiger partial charge in [-0.15, -0.1) is 0 Å². The highest BCUT2D eigenvalue weighted by atomic mass is 19.4. The number of phenolic OH excluding ortho intramolecular Hbond substituents is 2. The van der Waals surface area contributed by atoms with Crippen LogP contribution in [-0.2, 0) is 6.18 Å². The smallest absolute Gasteiger partial charge is 0.417 e. The normalized spacial score (nSPS) is 11.5. The molecule has 0 saturated heterocycles. The number of hydrogen-bond acceptors (Lipinski definition) is 6. The molecule has 0 aliphatic carbocycles. The molecule has 0 unspecified atom stereocenters. The molecule has 0 radical (unpaired) electrons. The molecular weight excluding hydrogens is 357 g/mol. The maximum absolute atomic E-state index is 12.9. The van der Waals surface area contributed by atoms with Crippen molar-refractivity contribution in [1.29, 1.82) is 0 Å². The second kappa shape index (κ2) is 6.02. The number of rotatable bonds is 3. The van der Waals surface area contributed by atoms with Gasteiger partial charge in [-0.05, 0) is 18.2 Å². The average molecular weight is 366 g/mol. The van der Waals surface area contributed by atoms with Crippen LogP contribution in [0.1, 0.15) is 5.56 Å². The first kappa shape index (κ1) is 17.2. The summed E-state index contributed by atoms with van der Waals surface area (Å²) in [5.41, 5.74) is -1.55. The molecule has 11 heteroatoms. The van der Waals surface area contributed by atoms with E-state index in [-0.39, 0.29) is 16.9 Å². The van der Waals surface area contributed by atoms with Crippen molar-refractivity contribution < 1.29 is 28.3 Å². The first-order valence-corrected chi connectivity index (χ1v) is 6.96. The predicted molar refractivity (Wildman–Crippen MR) is 81.8 cm³/mol. The van der Waals surface area contributed by atoms with Crippen LogP contribution in [0.5, 0.6) is 11.5 Å². The summed E-state index contributed by atoms with van der Waals surface area (Å²) in [5, 5.41) is 34.1. The monoisotopic (exact) mass is 366 g/mol. The topological polar surface area (TPSA) is 114 Å². The highest BCUT2D eigenvalue weighted by Crippen LogP contribution is 2.39. The van der Waals surface area contributed by atoms with E-state index in [1.807, 2.05) is 0 Å². The van der Waals surface area contributed by atoms with E-state index in [1.165, 1.54) is 12.3 Å². The van der Waals surface area contributed by atoms with Gasteiger partial charge in [-0.1, -0.05) is 0 Å². The molecule has 1 aromatic carbocycles. The Morgan fingerprint density at radius 1 is 1.15 bits per heavy atom. The van der Waals surface area contributed by atoms with Gasteiger partial charge >= 0.3 is 11.9 Å². The molecule has 0 amide bonds. The highest BCUT2D eigenvalue weighted by molar-refractivity contribution is 5.71. The number of hydrogen-bond donors (Lipinski definition) is 2. The Hall–Kier alpha value is -3.63. The Labute approximate surface area is 142 Å². The van der Waals surface area contributed by atoms with Gasteiger partial charge in [0.1, 0.15) is 0 Å². The number of nitrogens with zero attached hydrogens (tertiary/aromatic N) is 4. The van der Waals surface area contributed by atoms with Crippen LogP contribution < -0.4 is 0 Å². The van der Waals surface area contributed by atoms with Crippen molar-refractivity contribution >= 4 is 5.69 Å². The predicted octanol–water partition coefficient (Wildman–Crippen LogP) is 3.27. The largest absolute Gasteiger partial charge is 0.504 e. The van der Waals surface area contributed by atoms with Crippen LogP contribution in [0.4, 0.5) is 18.9 Å². The van der Waals surface area contributed by atoms with Crippen LogP contribution in [0.3, 0.4) is 0 Å². The first-order chi connectivity index (χ1) is 12.2. The number of phenols is 2. The molecule has 26 heavy (non-hydrogen) atoms. The van der Waals surface area contributed by atoms with Crippen molar-refractivity contribution in [3.63, 3.8) is 0 Å². The lowest BCUT2D eigenvalue weighted by Gasteiger charge is -2.11. The zero-order valence-electron chi connectivity index (χ0n) is 12.7. The van der Waals surface area contributed by atoms with Gasteiger partial charge in [0.05, 0.1) is 34.3 Å². The van der Waals surface area contributed by atoms with Gasteiger partial charge in [0, 0.05) is 17.8 Å². The number of alkyl halides is 3. The molecule has 0 spiro atoms. The molecule has 8 nitrogen and oxygen atoms in total. The van der Waals surface area contributed by atoms with Crippen molar-refractivity contribution in [3.8, 4) is 28.4 Å². The van der Waals surface area contributed by atoms with Gasteiger partial charge in [0.2, 0.25) is 5.75 Å². The average Bonchev–Trinajstić information content (AvgIpc) is 3.06. The van der Waals surface area contributed by atoms with Gasteiger partial charge in [-0.2, -0.15) is 18.3 Å². The van der Waals surface area contributed by atoms with E-state index in [4.69, 9.17) is 0 Å². The van der Waals surface area contributed by atoms with E-state index in [1.54, 1.807) is 0 Å². The molecule has 2 N–H and O–H groups in total. The second-order valence-corrected chi connectivity index (χ2v) is 5.18. The van der Waals surface area contributed by atoms with Gasteiger partial charge < -0.3 is 10.2 Å². The number of nitro benzene ring substituents is 1. The summed E-state index contributed by atoms with van der Waals surface area (Å²) in [7, 11) is 0. The Morgan fingerprint density at radius 2 is 1.88 bits per heavy atom. The highest BCUT2D eigenvalue weighted by Gasteiger charge is 2.31. The third-order valence-electron chi connectivity index (χ3n) is 3.50. The SMILES string of the molecule is O=[N+]([O-])c1cc(-c2ccnn2-c2cncc(C(F)(F)F)c2)cc(O)c1O. The second-order valence-electron chi connectivity index (χ2n) is 5.18. The van der Waals surface area contributed by atoms with Crippen LogP contribution in [0.25, 0.3) is 16.9 Å². The van der Waals surface area contributed by atoms with Crippen molar-refractivity contribution in [2.45, 2.75) is 6.18 Å². The molecule has 3 aromatic rings. The number of halogens is 3. The fourth-order valence-electron chi connectivity index (χ4n) is 2.32. The minimum Gasteiger partial charge on any atom is -0.504 e. The van der Waals surface area contributed by atoms with E-state index in [9.17, 15) is 33.5 Å². The summed E-state index contributed by atoms with van der Waals surface area (Å²) in [6.07, 6.45) is -1.54. The standard InChI is InChI=1S/C15H9F3N4O4/c16-15(17,18)9-5-10(7-19-6-9)21-11(1-2-20-21)8-3-12(22(25)26)14(24)13(23)4-8/h1-7,23-24H. The minimum absolute atomic E-state index is 0.0324. The van der Waals surface area contributed by atoms with Crippen molar-refractivity contribution in [2.24, 2.45) is 0 Å². The minimum atomic E-state index is -4.61. The number of nitro groups is 1. The van der Waals surface area contributed by atoms with Gasteiger partial charge in [0.15, 0.2) is 5.75 Å². The van der Waals surface area contributed by atoms with E-state index >= 15 is 0 Å². The van der Waals surface area contributed by atoms with Crippen LogP contribution in [0, 0.1) is 10.1 Å². The summed E-state index contributed by atoms with van der Waals surface area (Å²) in [4.78, 5) is 13.6. The summed E-state index contributed by atoms with van der Waals surface area (Å²) < 4.78 is 39.7. The number of aromatic nitrogens is 3. The molecule has 134 valence electrons. The molecule has 2 aromatic heterocycles. The van der Waals surface area contributed by atoms with Crippen LogP contribution in [0.2, 0.25) is 0 Å². The summed E-state index contributed by atoms with van der Waals surface area (Å²) in [6, 6.07) is 4.22. The zero-order chi connectivity index (χ0) is 19.1. The van der Waals surface area contributed by atoms with Gasteiger partial charge in [-0.3, -0.25) is 15.1 Å². The molecular formula is C15H9F3N4O4. The Morgan fingerprint density at radius 3 is 2.54 bits per heavy atom. The van der Waals surface area contributed by atoms with Crippen LogP contribution in [0.15, 0.2) is 42.9 Å². The molecule has 0 fully saturated rings. The first-order valence-electron chi connectivity index (χ1n) is 6.96. The van der Waals surface area contributed by atoms with Crippen LogP contribution >= 0.6 is 0 Å². The molecule has 2 heterocycles. The van der Waals surface area contributed by atoms with Gasteiger partial charge in [-0.25, -0.2) is 4.68 Å². The molecule has 0 saturated carbocycles. The summed E-state index contributed by atoms with van der Waals surface area (Å²) >= 11 is 0. The fraction of sp³-hybridized carbons (Fsp3) is 0.0667. The Balaban J connectivity index is 2.15. The molecule has 0 aliphatic rings. The summed E-state index contributed by atoms with van der Waals surface area (Å²) in [5.74, 6) is -1.66. The number of pyridine rings is 1. The lowest BCUT2D eigenvalue weighted by Crippen LogP contribution is -2.08. The zero-order valence-corrected chi connectivity index (χ0v) is 12.7. The van der Waals surface area contributed by atoms with Crippen molar-refractivity contribution in [3.05, 3.63) is 58.5 Å². The van der Waals surface area contributed by atoms with Crippen molar-refractivity contribution in [1.82, 2.24) is 14.8 Å². The molecule has 0 bridgehead atoms. The number of aromatic hydroxyl groups is 2. The maximum Gasteiger partial charge on any atom is 0.417 e. The lowest BCUT2D eigenvalue weighted by atomic mass is 10.1. The molecule has 0 atom stereocenters. The van der Waals surface area contributed by atoms with Gasteiger partial charge in [0.25, 0.3) is 0 Å². The number of benzene rings is 1. The Bertz CT molecular complexity index is 1000. The summed E-state index contributed by atoms with van der Waals surface area (Å²) in [6.45, 7) is 0. The molecule has 3 rings (SSSR count). The fourth-order valence-corrected chi connectivity index (χ4v) is 2.32. The van der Waals surface area contributed by atoms with Crippen molar-refractivity contribution in [2.75, 3.05) is 0 Å². The quantitative estimate of drug-likeness (QED) is 0.418. The lowest BCUT2D eigenvalue weighted by molar-refractivity contribution is -0.385. The maximum atomic E-state index is 12.9. The Kier molecular flexibility index (Phi) is 3.98. The van der Waals surface area contributed by atoms with E-state index in [2.05, 4.69) is 10.1 Å².